The van der Waals surface area contributed by atoms with E-state index in [0.717, 1.165) is 22.6 Å². The second-order valence-electron chi connectivity index (χ2n) is 4.28. The van der Waals surface area contributed by atoms with Crippen molar-refractivity contribution in [1.82, 2.24) is 24.5 Å². The Morgan fingerprint density at radius 3 is 3.00 bits per heavy atom. The monoisotopic (exact) mass is 242 g/mol. The molecule has 3 aromatic heterocycles. The molecule has 0 radical (unpaired) electrons. The summed E-state index contributed by atoms with van der Waals surface area (Å²) in [7, 11) is 1.97. The number of aromatic amines is 1. The lowest BCUT2D eigenvalue weighted by atomic mass is 10.1. The largest absolute Gasteiger partial charge is 0.348 e. The second-order valence-corrected chi connectivity index (χ2v) is 4.28. The van der Waals surface area contributed by atoms with Crippen LogP contribution in [0.25, 0.3) is 11.0 Å². The molecule has 1 atom stereocenters. The van der Waals surface area contributed by atoms with Gasteiger partial charge in [0.25, 0.3) is 0 Å². The molecule has 6 heteroatoms. The van der Waals surface area contributed by atoms with Crippen LogP contribution in [0.3, 0.4) is 0 Å². The average molecular weight is 242 g/mol. The predicted molar refractivity (Wildman–Crippen MR) is 67.7 cm³/mol. The van der Waals surface area contributed by atoms with Gasteiger partial charge in [-0.25, -0.2) is 9.97 Å². The number of aryl methyl sites for hydroxylation is 1. The molecule has 92 valence electrons. The van der Waals surface area contributed by atoms with Crippen LogP contribution in [0.1, 0.15) is 17.6 Å². The molecule has 0 aromatic carbocycles. The lowest BCUT2D eigenvalue weighted by molar-refractivity contribution is 0.631. The Morgan fingerprint density at radius 1 is 1.39 bits per heavy atom. The smallest absolute Gasteiger partial charge is 0.127 e. The van der Waals surface area contributed by atoms with Crippen molar-refractivity contribution >= 4 is 11.0 Å². The highest BCUT2D eigenvalue weighted by molar-refractivity contribution is 5.74. The Balaban J connectivity index is 1.96. The summed E-state index contributed by atoms with van der Waals surface area (Å²) in [4.78, 5) is 15.6. The van der Waals surface area contributed by atoms with E-state index in [4.69, 9.17) is 5.73 Å². The highest BCUT2D eigenvalue weighted by Crippen LogP contribution is 2.19. The molecule has 6 nitrogen and oxygen atoms in total. The van der Waals surface area contributed by atoms with Gasteiger partial charge in [-0.15, -0.1) is 0 Å². The third-order valence-electron chi connectivity index (χ3n) is 3.04. The van der Waals surface area contributed by atoms with E-state index in [1.165, 1.54) is 0 Å². The standard InChI is InChI=1S/C12H14N6/c1-18-11-2-3-14-6-10(11)17-12(18)9(13)4-8-5-15-7-16-8/h2-3,5-7,9H,4,13H2,1H3,(H,15,16). The average Bonchev–Trinajstić information content (AvgIpc) is 2.98. The van der Waals surface area contributed by atoms with Crippen LogP contribution in [-0.2, 0) is 13.5 Å². The summed E-state index contributed by atoms with van der Waals surface area (Å²) in [5.41, 5.74) is 9.12. The molecule has 0 saturated carbocycles. The van der Waals surface area contributed by atoms with Gasteiger partial charge in [0.1, 0.15) is 11.3 Å². The molecule has 0 amide bonds. The zero-order chi connectivity index (χ0) is 12.5. The minimum atomic E-state index is -0.164. The minimum Gasteiger partial charge on any atom is -0.348 e. The number of pyridine rings is 1. The summed E-state index contributed by atoms with van der Waals surface area (Å²) in [6, 6.07) is 1.78. The van der Waals surface area contributed by atoms with E-state index in [2.05, 4.69) is 19.9 Å². The van der Waals surface area contributed by atoms with E-state index in [1.807, 2.05) is 17.7 Å². The highest BCUT2D eigenvalue weighted by Gasteiger charge is 2.15. The van der Waals surface area contributed by atoms with Gasteiger partial charge in [-0.2, -0.15) is 0 Å². The van der Waals surface area contributed by atoms with Gasteiger partial charge in [0.15, 0.2) is 0 Å². The second kappa shape index (κ2) is 4.23. The fraction of sp³-hybridized carbons (Fsp3) is 0.250. The van der Waals surface area contributed by atoms with Gasteiger partial charge in [-0.05, 0) is 6.07 Å². The molecule has 3 N–H and O–H groups in total. The number of rotatable bonds is 3. The van der Waals surface area contributed by atoms with Gasteiger partial charge in [-0.3, -0.25) is 4.98 Å². The van der Waals surface area contributed by atoms with Crippen molar-refractivity contribution in [3.05, 3.63) is 42.5 Å². The maximum absolute atomic E-state index is 6.20. The lowest BCUT2D eigenvalue weighted by Crippen LogP contribution is -2.18. The molecule has 0 spiro atoms. The van der Waals surface area contributed by atoms with Crippen molar-refractivity contribution in [2.45, 2.75) is 12.5 Å². The van der Waals surface area contributed by atoms with Crippen molar-refractivity contribution in [2.24, 2.45) is 12.8 Å². The van der Waals surface area contributed by atoms with Crippen molar-refractivity contribution in [3.63, 3.8) is 0 Å². The Labute approximate surface area is 104 Å². The first-order chi connectivity index (χ1) is 8.75. The van der Waals surface area contributed by atoms with E-state index in [-0.39, 0.29) is 6.04 Å². The number of aromatic nitrogens is 5. The molecule has 18 heavy (non-hydrogen) atoms. The quantitative estimate of drug-likeness (QED) is 0.715. The summed E-state index contributed by atoms with van der Waals surface area (Å²) in [5, 5.41) is 0. The number of nitrogens with zero attached hydrogens (tertiary/aromatic N) is 4. The Bertz CT molecular complexity index is 654. The lowest BCUT2D eigenvalue weighted by Gasteiger charge is -2.10. The van der Waals surface area contributed by atoms with E-state index in [9.17, 15) is 0 Å². The minimum absolute atomic E-state index is 0.164. The van der Waals surface area contributed by atoms with Gasteiger partial charge in [0, 0.05) is 31.6 Å². The summed E-state index contributed by atoms with van der Waals surface area (Å²) < 4.78 is 2.01. The van der Waals surface area contributed by atoms with Crippen LogP contribution in [-0.4, -0.2) is 24.5 Å². The number of nitrogens with one attached hydrogen (secondary N) is 1. The van der Waals surface area contributed by atoms with Gasteiger partial charge < -0.3 is 15.3 Å². The maximum Gasteiger partial charge on any atom is 0.127 e. The van der Waals surface area contributed by atoms with Gasteiger partial charge >= 0.3 is 0 Å². The van der Waals surface area contributed by atoms with Crippen LogP contribution in [0.4, 0.5) is 0 Å². The third-order valence-corrected chi connectivity index (χ3v) is 3.04. The SMILES string of the molecule is Cn1c(C(N)Cc2cnc[nH]2)nc2cnccc21. The molecular weight excluding hydrogens is 228 g/mol. The number of hydrogen-bond donors (Lipinski definition) is 2. The first-order valence-electron chi connectivity index (χ1n) is 5.75. The summed E-state index contributed by atoms with van der Waals surface area (Å²) in [5.74, 6) is 0.854. The van der Waals surface area contributed by atoms with E-state index in [1.54, 1.807) is 24.9 Å². The molecule has 0 aliphatic carbocycles. The zero-order valence-electron chi connectivity index (χ0n) is 10.0. The first kappa shape index (κ1) is 10.9. The molecule has 0 saturated heterocycles. The van der Waals surface area contributed by atoms with Gasteiger partial charge in [0.05, 0.1) is 24.1 Å². The molecule has 3 aromatic rings. The number of imidazole rings is 2. The number of H-pyrrole nitrogens is 1. The van der Waals surface area contributed by atoms with Crippen LogP contribution in [0.15, 0.2) is 31.0 Å². The molecule has 0 aliphatic rings. The van der Waals surface area contributed by atoms with Crippen molar-refractivity contribution < 1.29 is 0 Å². The van der Waals surface area contributed by atoms with E-state index < -0.39 is 0 Å². The Morgan fingerprint density at radius 2 is 2.28 bits per heavy atom. The number of hydrogen-bond acceptors (Lipinski definition) is 4. The normalized spacial score (nSPS) is 13.0. The Kier molecular flexibility index (Phi) is 2.56. The molecule has 0 aliphatic heterocycles. The first-order valence-corrected chi connectivity index (χ1v) is 5.75. The third kappa shape index (κ3) is 1.76. The molecule has 0 bridgehead atoms. The van der Waals surface area contributed by atoms with Crippen molar-refractivity contribution in [3.8, 4) is 0 Å². The van der Waals surface area contributed by atoms with Gasteiger partial charge in [-0.1, -0.05) is 0 Å². The fourth-order valence-electron chi connectivity index (χ4n) is 2.13. The maximum atomic E-state index is 6.20. The van der Waals surface area contributed by atoms with Crippen molar-refractivity contribution in [2.75, 3.05) is 0 Å². The molecular formula is C12H14N6. The number of nitrogens with two attached hydrogens (primary N) is 1. The highest BCUT2D eigenvalue weighted by atomic mass is 15.1. The van der Waals surface area contributed by atoms with Crippen molar-refractivity contribution in [1.29, 1.82) is 0 Å². The fourth-order valence-corrected chi connectivity index (χ4v) is 2.13. The van der Waals surface area contributed by atoms with Gasteiger partial charge in [0.2, 0.25) is 0 Å². The summed E-state index contributed by atoms with van der Waals surface area (Å²) >= 11 is 0. The van der Waals surface area contributed by atoms with E-state index >= 15 is 0 Å². The van der Waals surface area contributed by atoms with Crippen LogP contribution < -0.4 is 5.73 Å². The molecule has 3 rings (SSSR count). The molecule has 1 unspecified atom stereocenters. The number of fused-ring (bicyclic) bond motifs is 1. The summed E-state index contributed by atoms with van der Waals surface area (Å²) in [6.07, 6.45) is 7.63. The molecule has 0 fully saturated rings. The zero-order valence-corrected chi connectivity index (χ0v) is 10.0. The van der Waals surface area contributed by atoms with E-state index in [0.29, 0.717) is 6.42 Å². The van der Waals surface area contributed by atoms with Crippen LogP contribution in [0.5, 0.6) is 0 Å². The Hall–Kier alpha value is -2.21. The predicted octanol–water partition coefficient (Wildman–Crippen LogP) is 0.934. The molecule has 3 heterocycles. The van der Waals surface area contributed by atoms with Crippen LogP contribution in [0.2, 0.25) is 0 Å². The topological polar surface area (TPSA) is 85.4 Å². The van der Waals surface area contributed by atoms with Crippen LogP contribution >= 0.6 is 0 Å². The van der Waals surface area contributed by atoms with Crippen LogP contribution in [0, 0.1) is 0 Å². The summed E-state index contributed by atoms with van der Waals surface area (Å²) in [6.45, 7) is 0.